The zero-order valence-corrected chi connectivity index (χ0v) is 12.3. The van der Waals surface area contributed by atoms with Gasteiger partial charge in [0.2, 0.25) is 5.91 Å². The summed E-state index contributed by atoms with van der Waals surface area (Å²) in [6.45, 7) is 3.86. The lowest BCUT2D eigenvalue weighted by Crippen LogP contribution is -2.21. The molecule has 0 unspecified atom stereocenters. The number of primary amides is 1. The van der Waals surface area contributed by atoms with Gasteiger partial charge in [0, 0.05) is 5.69 Å². The molecular formula is C15H16N6O. The van der Waals surface area contributed by atoms with Crippen molar-refractivity contribution in [1.29, 1.82) is 5.26 Å². The van der Waals surface area contributed by atoms with E-state index in [4.69, 9.17) is 11.0 Å². The van der Waals surface area contributed by atoms with Crippen LogP contribution in [0, 0.1) is 25.2 Å². The van der Waals surface area contributed by atoms with Crippen LogP contribution in [0.15, 0.2) is 24.4 Å². The Morgan fingerprint density at radius 2 is 2.14 bits per heavy atom. The number of nitrogens with zero attached hydrogens (tertiary/aromatic N) is 3. The second-order valence-corrected chi connectivity index (χ2v) is 4.85. The first-order chi connectivity index (χ1) is 10.5. The highest BCUT2D eigenvalue weighted by Gasteiger charge is 2.08. The average molecular weight is 296 g/mol. The molecule has 0 aliphatic heterocycles. The van der Waals surface area contributed by atoms with Gasteiger partial charge in [-0.1, -0.05) is 0 Å². The number of carbonyl (C=O) groups excluding carboxylic acids is 1. The summed E-state index contributed by atoms with van der Waals surface area (Å²) in [7, 11) is 0. The van der Waals surface area contributed by atoms with Crippen LogP contribution < -0.4 is 16.4 Å². The number of amides is 1. The number of rotatable bonds is 5. The van der Waals surface area contributed by atoms with Crippen molar-refractivity contribution in [2.75, 3.05) is 17.2 Å². The molecule has 0 spiro atoms. The van der Waals surface area contributed by atoms with Crippen LogP contribution in [0.2, 0.25) is 0 Å². The smallest absolute Gasteiger partial charge is 0.236 e. The largest absolute Gasteiger partial charge is 0.375 e. The molecule has 7 heteroatoms. The quantitative estimate of drug-likeness (QED) is 0.771. The fourth-order valence-corrected chi connectivity index (χ4v) is 1.98. The summed E-state index contributed by atoms with van der Waals surface area (Å²) >= 11 is 0. The van der Waals surface area contributed by atoms with E-state index >= 15 is 0 Å². The lowest BCUT2D eigenvalue weighted by Gasteiger charge is -2.11. The van der Waals surface area contributed by atoms with E-state index in [0.717, 1.165) is 11.3 Å². The monoisotopic (exact) mass is 296 g/mol. The summed E-state index contributed by atoms with van der Waals surface area (Å²) in [5.41, 5.74) is 8.36. The third-order valence-electron chi connectivity index (χ3n) is 2.82. The second kappa shape index (κ2) is 6.54. The Hall–Kier alpha value is -3.14. The van der Waals surface area contributed by atoms with Gasteiger partial charge in [0.1, 0.15) is 11.9 Å². The molecule has 1 amide bonds. The molecule has 2 rings (SSSR count). The topological polar surface area (TPSA) is 117 Å². The SMILES string of the molecule is Cc1cc(C)nc(Nc2cc(NCC(N)=O)cnc2C#N)c1. The van der Waals surface area contributed by atoms with Crippen molar-refractivity contribution in [3.05, 3.63) is 41.3 Å². The molecule has 0 saturated carbocycles. The maximum absolute atomic E-state index is 10.8. The van der Waals surface area contributed by atoms with E-state index in [0.29, 0.717) is 17.2 Å². The van der Waals surface area contributed by atoms with Crippen molar-refractivity contribution >= 4 is 23.1 Å². The molecule has 7 nitrogen and oxygen atoms in total. The van der Waals surface area contributed by atoms with Gasteiger partial charge < -0.3 is 16.4 Å². The van der Waals surface area contributed by atoms with Gasteiger partial charge in [-0.25, -0.2) is 9.97 Å². The summed E-state index contributed by atoms with van der Waals surface area (Å²) in [5.74, 6) is 0.151. The van der Waals surface area contributed by atoms with E-state index in [-0.39, 0.29) is 12.2 Å². The first-order valence-electron chi connectivity index (χ1n) is 6.62. The lowest BCUT2D eigenvalue weighted by molar-refractivity contribution is -0.116. The number of hydrogen-bond donors (Lipinski definition) is 3. The Bertz CT molecular complexity index is 730. The number of carbonyl (C=O) groups is 1. The third-order valence-corrected chi connectivity index (χ3v) is 2.82. The number of nitriles is 1. The van der Waals surface area contributed by atoms with E-state index in [2.05, 4.69) is 20.6 Å². The third kappa shape index (κ3) is 3.93. The van der Waals surface area contributed by atoms with Crippen LogP contribution >= 0.6 is 0 Å². The number of nitrogens with one attached hydrogen (secondary N) is 2. The van der Waals surface area contributed by atoms with Gasteiger partial charge in [-0.15, -0.1) is 0 Å². The Morgan fingerprint density at radius 1 is 1.36 bits per heavy atom. The molecule has 0 aliphatic carbocycles. The van der Waals surface area contributed by atoms with Crippen LogP contribution in [0.4, 0.5) is 17.2 Å². The summed E-state index contributed by atoms with van der Waals surface area (Å²) in [6.07, 6.45) is 1.47. The Balaban J connectivity index is 2.29. The van der Waals surface area contributed by atoms with E-state index in [9.17, 15) is 4.79 Å². The van der Waals surface area contributed by atoms with Gasteiger partial charge >= 0.3 is 0 Å². The van der Waals surface area contributed by atoms with Crippen molar-refractivity contribution < 1.29 is 4.79 Å². The zero-order chi connectivity index (χ0) is 16.1. The minimum Gasteiger partial charge on any atom is -0.375 e. The molecular weight excluding hydrogens is 280 g/mol. The number of aromatic nitrogens is 2. The fourth-order valence-electron chi connectivity index (χ4n) is 1.98. The fraction of sp³-hybridized carbons (Fsp3) is 0.200. The van der Waals surface area contributed by atoms with E-state index < -0.39 is 5.91 Å². The van der Waals surface area contributed by atoms with E-state index in [1.807, 2.05) is 32.0 Å². The van der Waals surface area contributed by atoms with Crippen molar-refractivity contribution in [2.24, 2.45) is 5.73 Å². The first kappa shape index (κ1) is 15.3. The highest BCUT2D eigenvalue weighted by Crippen LogP contribution is 2.22. The highest BCUT2D eigenvalue weighted by molar-refractivity contribution is 5.79. The number of hydrogen-bond acceptors (Lipinski definition) is 6. The molecule has 0 bridgehead atoms. The molecule has 0 radical (unpaired) electrons. The van der Waals surface area contributed by atoms with Gasteiger partial charge in [0.05, 0.1) is 24.1 Å². The lowest BCUT2D eigenvalue weighted by atomic mass is 10.2. The van der Waals surface area contributed by atoms with Crippen molar-refractivity contribution in [3.8, 4) is 6.07 Å². The number of nitrogens with two attached hydrogens (primary N) is 1. The maximum atomic E-state index is 10.8. The molecule has 0 atom stereocenters. The van der Waals surface area contributed by atoms with Gasteiger partial charge in [0.15, 0.2) is 5.69 Å². The summed E-state index contributed by atoms with van der Waals surface area (Å²) in [4.78, 5) is 19.2. The van der Waals surface area contributed by atoms with Crippen LogP contribution in [0.25, 0.3) is 0 Å². The molecule has 0 saturated heterocycles. The predicted molar refractivity (Wildman–Crippen MR) is 83.6 cm³/mol. The molecule has 2 aromatic heterocycles. The standard InChI is InChI=1S/C15H16N6O/c1-9-3-10(2)20-15(4-9)21-12-5-11(18-8-14(17)22)7-19-13(12)6-16/h3-5,7,18H,8H2,1-2H3,(H2,17,22)(H,20,21). The number of pyridine rings is 2. The van der Waals surface area contributed by atoms with Crippen molar-refractivity contribution in [1.82, 2.24) is 9.97 Å². The molecule has 4 N–H and O–H groups in total. The molecule has 0 aliphatic rings. The van der Waals surface area contributed by atoms with Crippen molar-refractivity contribution in [2.45, 2.75) is 13.8 Å². The molecule has 0 aromatic carbocycles. The Morgan fingerprint density at radius 3 is 2.77 bits per heavy atom. The molecule has 0 fully saturated rings. The predicted octanol–water partition coefficient (Wildman–Crippen LogP) is 1.61. The van der Waals surface area contributed by atoms with Gasteiger partial charge in [-0.2, -0.15) is 5.26 Å². The van der Waals surface area contributed by atoms with Crippen LogP contribution in [-0.2, 0) is 4.79 Å². The normalized spacial score (nSPS) is 9.86. The van der Waals surface area contributed by atoms with Crippen LogP contribution in [-0.4, -0.2) is 22.4 Å². The minimum absolute atomic E-state index is 0.00514. The van der Waals surface area contributed by atoms with Crippen LogP contribution in [0.1, 0.15) is 17.0 Å². The summed E-state index contributed by atoms with van der Waals surface area (Å²) in [6, 6.07) is 7.54. The summed E-state index contributed by atoms with van der Waals surface area (Å²) < 4.78 is 0. The zero-order valence-electron chi connectivity index (χ0n) is 12.3. The first-order valence-corrected chi connectivity index (χ1v) is 6.62. The summed E-state index contributed by atoms with van der Waals surface area (Å²) in [5, 5.41) is 15.1. The van der Waals surface area contributed by atoms with E-state index in [1.54, 1.807) is 6.07 Å². The van der Waals surface area contributed by atoms with Gasteiger partial charge in [-0.3, -0.25) is 4.79 Å². The molecule has 22 heavy (non-hydrogen) atoms. The Labute approximate surface area is 128 Å². The van der Waals surface area contributed by atoms with Crippen molar-refractivity contribution in [3.63, 3.8) is 0 Å². The second-order valence-electron chi connectivity index (χ2n) is 4.85. The van der Waals surface area contributed by atoms with Crippen LogP contribution in [0.3, 0.4) is 0 Å². The molecule has 112 valence electrons. The Kier molecular flexibility index (Phi) is 4.53. The minimum atomic E-state index is -0.477. The average Bonchev–Trinajstić information content (AvgIpc) is 2.44. The van der Waals surface area contributed by atoms with Crippen LogP contribution in [0.5, 0.6) is 0 Å². The number of aryl methyl sites for hydroxylation is 2. The molecule has 2 aromatic rings. The molecule has 2 heterocycles. The maximum Gasteiger partial charge on any atom is 0.236 e. The number of anilines is 3. The highest BCUT2D eigenvalue weighted by atomic mass is 16.1. The van der Waals surface area contributed by atoms with Gasteiger partial charge in [0.25, 0.3) is 0 Å². The van der Waals surface area contributed by atoms with E-state index in [1.165, 1.54) is 6.20 Å². The van der Waals surface area contributed by atoms with Gasteiger partial charge in [-0.05, 0) is 37.6 Å².